The minimum absolute atomic E-state index is 0.312. The maximum absolute atomic E-state index is 8.60. The Kier molecular flexibility index (Phi) is 5.78. The molecule has 0 unspecified atom stereocenters. The van der Waals surface area contributed by atoms with Crippen molar-refractivity contribution in [1.82, 2.24) is 4.98 Å². The monoisotopic (exact) mass is 208 g/mol. The second kappa shape index (κ2) is 7.23. The molecule has 0 amide bonds. The van der Waals surface area contributed by atoms with Crippen molar-refractivity contribution in [3.63, 3.8) is 0 Å². The fourth-order valence-electron chi connectivity index (χ4n) is 1.38. The molecule has 1 heterocycles. The van der Waals surface area contributed by atoms with E-state index in [9.17, 15) is 0 Å². The number of unbranched alkanes of at least 4 members (excludes halogenated alkanes) is 3. The van der Waals surface area contributed by atoms with E-state index < -0.39 is 0 Å². The summed E-state index contributed by atoms with van der Waals surface area (Å²) in [5.41, 5.74) is 1.18. The summed E-state index contributed by atoms with van der Waals surface area (Å²) < 4.78 is 0. The largest absolute Gasteiger partial charge is 0.396 e. The molecule has 3 nitrogen and oxygen atoms in total. The van der Waals surface area contributed by atoms with Gasteiger partial charge in [0.05, 0.1) is 0 Å². The van der Waals surface area contributed by atoms with Crippen molar-refractivity contribution in [3.05, 3.63) is 23.9 Å². The predicted molar refractivity (Wildman–Crippen MR) is 63.0 cm³/mol. The fraction of sp³-hybridized carbons (Fsp3) is 0.583. The van der Waals surface area contributed by atoms with Crippen molar-refractivity contribution in [2.75, 3.05) is 18.5 Å². The number of nitrogens with zero attached hydrogens (tertiary/aromatic N) is 1. The fourth-order valence-corrected chi connectivity index (χ4v) is 1.38. The maximum atomic E-state index is 8.60. The standard InChI is InChI=1S/C12H20N2O/c1-11-6-7-12(14-10-11)13-8-4-2-3-5-9-15/h6-7,10,15H,2-5,8-9H2,1H3,(H,13,14). The smallest absolute Gasteiger partial charge is 0.125 e. The van der Waals surface area contributed by atoms with Crippen molar-refractivity contribution < 1.29 is 5.11 Å². The van der Waals surface area contributed by atoms with Crippen LogP contribution in [0.1, 0.15) is 31.2 Å². The number of aryl methyl sites for hydroxylation is 1. The van der Waals surface area contributed by atoms with Crippen LogP contribution >= 0.6 is 0 Å². The van der Waals surface area contributed by atoms with Gasteiger partial charge in [-0.15, -0.1) is 0 Å². The van der Waals surface area contributed by atoms with Crippen LogP contribution in [0, 0.1) is 6.92 Å². The van der Waals surface area contributed by atoms with Crippen LogP contribution in [-0.4, -0.2) is 23.2 Å². The summed E-state index contributed by atoms with van der Waals surface area (Å²) in [6.45, 7) is 3.31. The molecule has 0 aliphatic heterocycles. The van der Waals surface area contributed by atoms with Crippen LogP contribution in [0.3, 0.4) is 0 Å². The summed E-state index contributed by atoms with van der Waals surface area (Å²) in [6.07, 6.45) is 6.20. The lowest BCUT2D eigenvalue weighted by molar-refractivity contribution is 0.283. The van der Waals surface area contributed by atoms with Crippen molar-refractivity contribution in [1.29, 1.82) is 0 Å². The lowest BCUT2D eigenvalue weighted by atomic mass is 10.2. The number of nitrogens with one attached hydrogen (secondary N) is 1. The van der Waals surface area contributed by atoms with E-state index in [0.717, 1.165) is 31.6 Å². The van der Waals surface area contributed by atoms with E-state index in [2.05, 4.69) is 16.4 Å². The van der Waals surface area contributed by atoms with E-state index in [-0.39, 0.29) is 0 Å². The van der Waals surface area contributed by atoms with Crippen LogP contribution in [-0.2, 0) is 0 Å². The van der Waals surface area contributed by atoms with Crippen LogP contribution in [0.4, 0.5) is 5.82 Å². The van der Waals surface area contributed by atoms with E-state index in [1.165, 1.54) is 12.0 Å². The van der Waals surface area contributed by atoms with Gasteiger partial charge in [0, 0.05) is 19.3 Å². The van der Waals surface area contributed by atoms with Gasteiger partial charge in [-0.3, -0.25) is 0 Å². The maximum Gasteiger partial charge on any atom is 0.125 e. The first kappa shape index (κ1) is 12.0. The zero-order chi connectivity index (χ0) is 10.9. The lowest BCUT2D eigenvalue weighted by Gasteiger charge is -2.05. The number of anilines is 1. The van der Waals surface area contributed by atoms with Gasteiger partial charge in [0.2, 0.25) is 0 Å². The Morgan fingerprint density at radius 2 is 2.00 bits per heavy atom. The molecule has 2 N–H and O–H groups in total. The second-order valence-electron chi connectivity index (χ2n) is 3.79. The molecule has 0 fully saturated rings. The number of pyridine rings is 1. The molecule has 0 spiro atoms. The van der Waals surface area contributed by atoms with Gasteiger partial charge in [0.15, 0.2) is 0 Å². The quantitative estimate of drug-likeness (QED) is 0.676. The number of aliphatic hydroxyl groups excluding tert-OH is 1. The Balaban J connectivity index is 2.07. The Hall–Kier alpha value is -1.09. The molecule has 0 aromatic carbocycles. The van der Waals surface area contributed by atoms with Crippen LogP contribution in [0.15, 0.2) is 18.3 Å². The van der Waals surface area contributed by atoms with Crippen LogP contribution < -0.4 is 5.32 Å². The SMILES string of the molecule is Cc1ccc(NCCCCCCO)nc1. The zero-order valence-corrected chi connectivity index (χ0v) is 9.37. The van der Waals surface area contributed by atoms with Crippen LogP contribution in [0.25, 0.3) is 0 Å². The first-order valence-electron chi connectivity index (χ1n) is 5.60. The molecule has 3 heteroatoms. The lowest BCUT2D eigenvalue weighted by Crippen LogP contribution is -2.03. The molecule has 1 aromatic rings. The molecule has 0 radical (unpaired) electrons. The van der Waals surface area contributed by atoms with Gasteiger partial charge in [-0.2, -0.15) is 0 Å². The highest BCUT2D eigenvalue weighted by molar-refractivity contribution is 5.34. The highest BCUT2D eigenvalue weighted by atomic mass is 16.2. The van der Waals surface area contributed by atoms with Gasteiger partial charge >= 0.3 is 0 Å². The highest BCUT2D eigenvalue weighted by Gasteiger charge is 1.92. The molecule has 0 aliphatic carbocycles. The first-order valence-corrected chi connectivity index (χ1v) is 5.60. The van der Waals surface area contributed by atoms with E-state index in [1.807, 2.05) is 19.2 Å². The molecule has 1 aromatic heterocycles. The average Bonchev–Trinajstić information content (AvgIpc) is 2.26. The molecular formula is C12H20N2O. The zero-order valence-electron chi connectivity index (χ0n) is 9.37. The molecule has 0 bridgehead atoms. The van der Waals surface area contributed by atoms with E-state index in [1.54, 1.807) is 0 Å². The van der Waals surface area contributed by atoms with Gasteiger partial charge in [-0.1, -0.05) is 18.9 Å². The molecule has 0 saturated carbocycles. The predicted octanol–water partition coefficient (Wildman–Crippen LogP) is 2.35. The number of hydrogen-bond donors (Lipinski definition) is 2. The molecule has 0 aliphatic rings. The third-order valence-corrected chi connectivity index (χ3v) is 2.30. The van der Waals surface area contributed by atoms with Gasteiger partial charge in [0.25, 0.3) is 0 Å². The normalized spacial score (nSPS) is 10.3. The minimum atomic E-state index is 0.312. The third-order valence-electron chi connectivity index (χ3n) is 2.30. The minimum Gasteiger partial charge on any atom is -0.396 e. The molecule has 15 heavy (non-hydrogen) atoms. The topological polar surface area (TPSA) is 45.1 Å². The number of rotatable bonds is 7. The number of hydrogen-bond acceptors (Lipinski definition) is 3. The molecule has 0 atom stereocenters. The first-order chi connectivity index (χ1) is 7.33. The Labute approximate surface area is 91.5 Å². The van der Waals surface area contributed by atoms with Crippen molar-refractivity contribution >= 4 is 5.82 Å². The Morgan fingerprint density at radius 1 is 1.20 bits per heavy atom. The van der Waals surface area contributed by atoms with Crippen molar-refractivity contribution in [3.8, 4) is 0 Å². The van der Waals surface area contributed by atoms with Gasteiger partial charge < -0.3 is 10.4 Å². The Morgan fingerprint density at radius 3 is 2.67 bits per heavy atom. The van der Waals surface area contributed by atoms with E-state index in [4.69, 9.17) is 5.11 Å². The average molecular weight is 208 g/mol. The summed E-state index contributed by atoms with van der Waals surface area (Å²) >= 11 is 0. The van der Waals surface area contributed by atoms with Crippen LogP contribution in [0.5, 0.6) is 0 Å². The third kappa shape index (κ3) is 5.37. The summed E-state index contributed by atoms with van der Waals surface area (Å²) in [5.74, 6) is 0.947. The van der Waals surface area contributed by atoms with Gasteiger partial charge in [-0.05, 0) is 31.4 Å². The van der Waals surface area contributed by atoms with Crippen molar-refractivity contribution in [2.45, 2.75) is 32.6 Å². The van der Waals surface area contributed by atoms with E-state index >= 15 is 0 Å². The van der Waals surface area contributed by atoms with E-state index in [0.29, 0.717) is 6.61 Å². The molecule has 1 rings (SSSR count). The molecule has 84 valence electrons. The van der Waals surface area contributed by atoms with Gasteiger partial charge in [0.1, 0.15) is 5.82 Å². The Bertz CT molecular complexity index is 259. The van der Waals surface area contributed by atoms with Gasteiger partial charge in [-0.25, -0.2) is 4.98 Å². The number of aliphatic hydroxyl groups is 1. The summed E-state index contributed by atoms with van der Waals surface area (Å²) in [4.78, 5) is 4.26. The molecule has 0 saturated heterocycles. The van der Waals surface area contributed by atoms with Crippen LogP contribution in [0.2, 0.25) is 0 Å². The van der Waals surface area contributed by atoms with Crippen molar-refractivity contribution in [2.24, 2.45) is 0 Å². The highest BCUT2D eigenvalue weighted by Crippen LogP contribution is 2.05. The summed E-state index contributed by atoms with van der Waals surface area (Å²) in [7, 11) is 0. The summed E-state index contributed by atoms with van der Waals surface area (Å²) in [6, 6.07) is 4.06. The second-order valence-corrected chi connectivity index (χ2v) is 3.79. The summed E-state index contributed by atoms with van der Waals surface area (Å²) in [5, 5.41) is 11.9. The molecular weight excluding hydrogens is 188 g/mol. The number of aromatic nitrogens is 1.